The number of aromatic nitrogens is 2. The molecule has 1 N–H and O–H groups in total. The van der Waals surface area contributed by atoms with Gasteiger partial charge in [0.25, 0.3) is 5.91 Å². The van der Waals surface area contributed by atoms with Crippen LogP contribution in [0.3, 0.4) is 0 Å². The van der Waals surface area contributed by atoms with Crippen molar-refractivity contribution < 1.29 is 4.79 Å². The van der Waals surface area contributed by atoms with E-state index in [0.29, 0.717) is 10.7 Å². The molecule has 0 bridgehead atoms. The Morgan fingerprint density at radius 3 is 2.59 bits per heavy atom. The molecule has 1 amide bonds. The monoisotopic (exact) mass is 313 g/mol. The number of hydrogen-bond donors (Lipinski definition) is 1. The highest BCUT2D eigenvalue weighted by atomic mass is 32.1. The second-order valence-corrected chi connectivity index (χ2v) is 6.82. The van der Waals surface area contributed by atoms with E-state index in [4.69, 9.17) is 0 Å². The molecule has 0 unspecified atom stereocenters. The molecule has 0 aliphatic heterocycles. The van der Waals surface area contributed by atoms with Crippen LogP contribution in [-0.4, -0.2) is 15.5 Å². The van der Waals surface area contributed by atoms with Gasteiger partial charge in [0, 0.05) is 34.1 Å². The van der Waals surface area contributed by atoms with Gasteiger partial charge < -0.3 is 4.57 Å². The molecule has 0 atom stereocenters. The standard InChI is InChI=1S/C17H19N3OS/c1-9-11(3)20(5)15-7-6-13(8-14(9)15)16(21)19-17-18-10(2)12(4)22-17/h6-8H,1-5H3,(H,18,19,21). The highest BCUT2D eigenvalue weighted by Crippen LogP contribution is 2.26. The third kappa shape index (κ3) is 2.31. The summed E-state index contributed by atoms with van der Waals surface area (Å²) in [5, 5.41) is 4.67. The quantitative estimate of drug-likeness (QED) is 0.773. The van der Waals surface area contributed by atoms with Crippen molar-refractivity contribution in [3.05, 3.63) is 45.6 Å². The van der Waals surface area contributed by atoms with Crippen LogP contribution in [0.4, 0.5) is 5.13 Å². The van der Waals surface area contributed by atoms with E-state index in [2.05, 4.69) is 28.7 Å². The SMILES string of the molecule is Cc1nc(NC(=O)c2ccc3c(c2)c(C)c(C)n3C)sc1C. The van der Waals surface area contributed by atoms with E-state index in [0.717, 1.165) is 21.5 Å². The second-order valence-electron chi connectivity index (χ2n) is 5.62. The molecule has 2 aromatic heterocycles. The van der Waals surface area contributed by atoms with Crippen molar-refractivity contribution >= 4 is 33.3 Å². The van der Waals surface area contributed by atoms with E-state index in [9.17, 15) is 4.79 Å². The summed E-state index contributed by atoms with van der Waals surface area (Å²) in [6.07, 6.45) is 0. The average molecular weight is 313 g/mol. The molecule has 0 saturated heterocycles. The lowest BCUT2D eigenvalue weighted by Gasteiger charge is -2.03. The zero-order valence-electron chi connectivity index (χ0n) is 13.4. The van der Waals surface area contributed by atoms with Gasteiger partial charge in [-0.2, -0.15) is 0 Å². The number of aryl methyl sites for hydroxylation is 4. The van der Waals surface area contributed by atoms with E-state index in [-0.39, 0.29) is 5.91 Å². The molecule has 0 spiro atoms. The normalized spacial score (nSPS) is 11.1. The van der Waals surface area contributed by atoms with Crippen molar-refractivity contribution in [2.75, 3.05) is 5.32 Å². The number of nitrogens with zero attached hydrogens (tertiary/aromatic N) is 2. The molecule has 3 aromatic rings. The predicted octanol–water partition coefficient (Wildman–Crippen LogP) is 4.12. The summed E-state index contributed by atoms with van der Waals surface area (Å²) in [6.45, 7) is 8.14. The molecule has 22 heavy (non-hydrogen) atoms. The molecule has 4 nitrogen and oxygen atoms in total. The highest BCUT2D eigenvalue weighted by molar-refractivity contribution is 7.15. The molecule has 0 aliphatic rings. The third-order valence-electron chi connectivity index (χ3n) is 4.32. The van der Waals surface area contributed by atoms with Gasteiger partial charge in [0.15, 0.2) is 5.13 Å². The summed E-state index contributed by atoms with van der Waals surface area (Å²) in [7, 11) is 2.05. The van der Waals surface area contributed by atoms with Crippen molar-refractivity contribution in [3.8, 4) is 0 Å². The molecule has 0 saturated carbocycles. The van der Waals surface area contributed by atoms with Gasteiger partial charge in [-0.15, -0.1) is 11.3 Å². The number of fused-ring (bicyclic) bond motifs is 1. The first-order chi connectivity index (χ1) is 10.4. The Hall–Kier alpha value is -2.14. The summed E-state index contributed by atoms with van der Waals surface area (Å²) < 4.78 is 2.15. The van der Waals surface area contributed by atoms with Crippen LogP contribution in [0, 0.1) is 27.7 Å². The third-order valence-corrected chi connectivity index (χ3v) is 5.31. The fourth-order valence-corrected chi connectivity index (χ4v) is 3.40. The van der Waals surface area contributed by atoms with Crippen molar-refractivity contribution in [3.63, 3.8) is 0 Å². The van der Waals surface area contributed by atoms with Crippen molar-refractivity contribution in [2.45, 2.75) is 27.7 Å². The number of carbonyl (C=O) groups is 1. The lowest BCUT2D eigenvalue weighted by atomic mass is 10.1. The maximum Gasteiger partial charge on any atom is 0.257 e. The van der Waals surface area contributed by atoms with E-state index >= 15 is 0 Å². The van der Waals surface area contributed by atoms with Gasteiger partial charge in [-0.1, -0.05) is 0 Å². The van der Waals surface area contributed by atoms with Crippen LogP contribution in [0.25, 0.3) is 10.9 Å². The lowest BCUT2D eigenvalue weighted by Crippen LogP contribution is -2.11. The van der Waals surface area contributed by atoms with Crippen LogP contribution in [-0.2, 0) is 7.05 Å². The minimum Gasteiger partial charge on any atom is -0.348 e. The zero-order valence-corrected chi connectivity index (χ0v) is 14.3. The lowest BCUT2D eigenvalue weighted by molar-refractivity contribution is 0.102. The molecule has 5 heteroatoms. The number of nitrogens with one attached hydrogen (secondary N) is 1. The van der Waals surface area contributed by atoms with Crippen molar-refractivity contribution in [1.82, 2.24) is 9.55 Å². The van der Waals surface area contributed by atoms with Crippen molar-refractivity contribution in [1.29, 1.82) is 0 Å². The summed E-state index contributed by atoms with van der Waals surface area (Å²) >= 11 is 1.50. The predicted molar refractivity (Wildman–Crippen MR) is 91.9 cm³/mol. The number of amides is 1. The number of hydrogen-bond acceptors (Lipinski definition) is 3. The fraction of sp³-hybridized carbons (Fsp3) is 0.294. The minimum absolute atomic E-state index is 0.114. The summed E-state index contributed by atoms with van der Waals surface area (Å²) in [5.41, 5.74) is 5.20. The Kier molecular flexibility index (Phi) is 3.53. The topological polar surface area (TPSA) is 46.9 Å². The minimum atomic E-state index is -0.114. The Bertz CT molecular complexity index is 870. The Morgan fingerprint density at radius 1 is 1.23 bits per heavy atom. The van der Waals surface area contributed by atoms with Crippen LogP contribution in [0.5, 0.6) is 0 Å². The maximum atomic E-state index is 12.4. The largest absolute Gasteiger partial charge is 0.348 e. The molecular formula is C17H19N3OS. The second kappa shape index (κ2) is 5.25. The fourth-order valence-electron chi connectivity index (χ4n) is 2.59. The number of benzene rings is 1. The van der Waals surface area contributed by atoms with Crippen LogP contribution in [0.1, 0.15) is 32.2 Å². The van der Waals surface area contributed by atoms with Gasteiger partial charge in [-0.25, -0.2) is 4.98 Å². The molecule has 2 heterocycles. The highest BCUT2D eigenvalue weighted by Gasteiger charge is 2.13. The first-order valence-corrected chi connectivity index (χ1v) is 8.01. The van der Waals surface area contributed by atoms with E-state index in [1.165, 1.54) is 22.6 Å². The molecular weight excluding hydrogens is 294 g/mol. The molecule has 0 radical (unpaired) electrons. The maximum absolute atomic E-state index is 12.4. The van der Waals surface area contributed by atoms with Gasteiger partial charge in [-0.3, -0.25) is 10.1 Å². The molecule has 1 aromatic carbocycles. The zero-order chi connectivity index (χ0) is 16.0. The summed E-state index contributed by atoms with van der Waals surface area (Å²) in [6, 6.07) is 5.83. The van der Waals surface area contributed by atoms with Gasteiger partial charge in [0.1, 0.15) is 0 Å². The van der Waals surface area contributed by atoms with Gasteiger partial charge in [-0.05, 0) is 51.5 Å². The molecule has 3 rings (SSSR count). The summed E-state index contributed by atoms with van der Waals surface area (Å²) in [5.74, 6) is -0.114. The van der Waals surface area contributed by atoms with Crippen molar-refractivity contribution in [2.24, 2.45) is 7.05 Å². The smallest absolute Gasteiger partial charge is 0.257 e. The molecule has 114 valence electrons. The van der Waals surface area contributed by atoms with Crippen LogP contribution in [0.2, 0.25) is 0 Å². The molecule has 0 fully saturated rings. The number of rotatable bonds is 2. The Morgan fingerprint density at radius 2 is 1.95 bits per heavy atom. The molecule has 0 aliphatic carbocycles. The average Bonchev–Trinajstić information content (AvgIpc) is 2.91. The van der Waals surface area contributed by atoms with Crippen LogP contribution >= 0.6 is 11.3 Å². The first kappa shape index (κ1) is 14.8. The van der Waals surface area contributed by atoms with E-state index in [1.54, 1.807) is 0 Å². The number of anilines is 1. The first-order valence-electron chi connectivity index (χ1n) is 7.19. The van der Waals surface area contributed by atoms with E-state index in [1.807, 2.05) is 39.1 Å². The Labute approximate surface area is 133 Å². The van der Waals surface area contributed by atoms with Gasteiger partial charge in [0.2, 0.25) is 0 Å². The van der Waals surface area contributed by atoms with E-state index < -0.39 is 0 Å². The number of thiazole rings is 1. The van der Waals surface area contributed by atoms with Gasteiger partial charge >= 0.3 is 0 Å². The van der Waals surface area contributed by atoms with Crippen LogP contribution in [0.15, 0.2) is 18.2 Å². The Balaban J connectivity index is 1.96. The van der Waals surface area contributed by atoms with Crippen LogP contribution < -0.4 is 5.32 Å². The number of carbonyl (C=O) groups excluding carboxylic acids is 1. The van der Waals surface area contributed by atoms with Gasteiger partial charge in [0.05, 0.1) is 5.69 Å². The summed E-state index contributed by atoms with van der Waals surface area (Å²) in [4.78, 5) is 17.9.